The summed E-state index contributed by atoms with van der Waals surface area (Å²) in [4.78, 5) is 36.3. The Bertz CT molecular complexity index is 1170. The summed E-state index contributed by atoms with van der Waals surface area (Å²) in [5, 5.41) is 14.8. The van der Waals surface area contributed by atoms with E-state index in [2.05, 4.69) is 34.9 Å². The minimum Gasteiger partial charge on any atom is -0.479 e. The van der Waals surface area contributed by atoms with Crippen LogP contribution in [0.2, 0.25) is 0 Å². The monoisotopic (exact) mass is 472 g/mol. The summed E-state index contributed by atoms with van der Waals surface area (Å²) in [7, 11) is 0. The van der Waals surface area contributed by atoms with Crippen molar-refractivity contribution < 1.29 is 24.2 Å². The van der Waals surface area contributed by atoms with Gasteiger partial charge in [-0.15, -0.1) is 0 Å². The Hall–Kier alpha value is -4.13. The fourth-order valence-electron chi connectivity index (χ4n) is 4.43. The number of hydrogen-bond acceptors (Lipinski definition) is 4. The van der Waals surface area contributed by atoms with Crippen molar-refractivity contribution in [3.8, 4) is 11.1 Å². The number of carbonyl (C=O) groups is 3. The molecular weight excluding hydrogens is 444 g/mol. The van der Waals surface area contributed by atoms with E-state index in [1.807, 2.05) is 24.3 Å². The van der Waals surface area contributed by atoms with E-state index >= 15 is 0 Å². The van der Waals surface area contributed by atoms with Crippen LogP contribution in [0.3, 0.4) is 0 Å². The molecule has 0 bridgehead atoms. The largest absolute Gasteiger partial charge is 0.479 e. The van der Waals surface area contributed by atoms with Gasteiger partial charge < -0.3 is 20.5 Å². The predicted octanol–water partition coefficient (Wildman–Crippen LogP) is 4.64. The molecule has 0 spiro atoms. The van der Waals surface area contributed by atoms with Crippen LogP contribution in [0.15, 0.2) is 78.9 Å². The third-order valence-corrected chi connectivity index (χ3v) is 6.20. The van der Waals surface area contributed by atoms with Gasteiger partial charge in [-0.1, -0.05) is 78.9 Å². The molecule has 1 aliphatic carbocycles. The zero-order chi connectivity index (χ0) is 24.8. The van der Waals surface area contributed by atoms with Gasteiger partial charge in [0.05, 0.1) is 0 Å². The smallest absolute Gasteiger partial charge is 0.407 e. The van der Waals surface area contributed by atoms with Crippen molar-refractivity contribution in [1.82, 2.24) is 10.6 Å². The average molecular weight is 473 g/mol. The van der Waals surface area contributed by atoms with Gasteiger partial charge in [-0.25, -0.2) is 9.59 Å². The van der Waals surface area contributed by atoms with E-state index in [1.54, 1.807) is 37.3 Å². The van der Waals surface area contributed by atoms with E-state index in [4.69, 9.17) is 4.74 Å². The van der Waals surface area contributed by atoms with Crippen molar-refractivity contribution in [2.75, 3.05) is 6.61 Å². The van der Waals surface area contributed by atoms with Crippen LogP contribution >= 0.6 is 0 Å². The molecule has 3 N–H and O–H groups in total. The highest BCUT2D eigenvalue weighted by atomic mass is 16.5. The number of benzene rings is 3. The van der Waals surface area contributed by atoms with E-state index in [0.29, 0.717) is 12.0 Å². The van der Waals surface area contributed by atoms with Crippen LogP contribution in [0.4, 0.5) is 4.79 Å². The minimum absolute atomic E-state index is 0.0276. The lowest BCUT2D eigenvalue weighted by Crippen LogP contribution is -2.37. The van der Waals surface area contributed by atoms with Crippen molar-refractivity contribution in [2.45, 2.75) is 37.8 Å². The Balaban J connectivity index is 1.26. The van der Waals surface area contributed by atoms with E-state index < -0.39 is 24.0 Å². The third-order valence-electron chi connectivity index (χ3n) is 6.20. The van der Waals surface area contributed by atoms with Gasteiger partial charge in [0.15, 0.2) is 6.04 Å². The second-order valence-corrected chi connectivity index (χ2v) is 8.66. The van der Waals surface area contributed by atoms with Crippen LogP contribution in [0.25, 0.3) is 11.1 Å². The molecule has 0 radical (unpaired) electrons. The Labute approximate surface area is 204 Å². The van der Waals surface area contributed by atoms with E-state index in [0.717, 1.165) is 22.3 Å². The van der Waals surface area contributed by atoms with Crippen molar-refractivity contribution >= 4 is 18.0 Å². The normalized spacial score (nSPS) is 13.7. The molecule has 35 heavy (non-hydrogen) atoms. The summed E-state index contributed by atoms with van der Waals surface area (Å²) < 4.78 is 5.54. The number of hydrogen-bond donors (Lipinski definition) is 3. The number of rotatable bonds is 9. The van der Waals surface area contributed by atoms with Crippen LogP contribution < -0.4 is 10.6 Å². The molecule has 0 saturated carbocycles. The summed E-state index contributed by atoms with van der Waals surface area (Å²) in [5.74, 6) is -1.56. The van der Waals surface area contributed by atoms with Gasteiger partial charge >= 0.3 is 12.1 Å². The lowest BCUT2D eigenvalue weighted by atomic mass is 9.98. The van der Waals surface area contributed by atoms with Crippen molar-refractivity contribution in [2.24, 2.45) is 0 Å². The second kappa shape index (κ2) is 10.9. The van der Waals surface area contributed by atoms with Crippen molar-refractivity contribution in [3.05, 3.63) is 95.6 Å². The fourth-order valence-corrected chi connectivity index (χ4v) is 4.43. The standard InChI is InChI=1S/C28H28N2O5/c1-18(15-16-25(31)30-26(27(32)33)19-9-3-2-4-10-19)29-28(34)35-17-24-22-13-7-5-11-20(22)21-12-6-8-14-23(21)24/h2-14,18,24,26H,15-17H2,1H3,(H,29,34)(H,30,31)(H,32,33)/t18?,26-/m1/s1. The summed E-state index contributed by atoms with van der Waals surface area (Å²) in [6.45, 7) is 1.99. The molecule has 0 heterocycles. The average Bonchev–Trinajstić information content (AvgIpc) is 3.19. The van der Waals surface area contributed by atoms with Gasteiger partial charge in [0.1, 0.15) is 6.61 Å². The third kappa shape index (κ3) is 5.69. The molecule has 7 nitrogen and oxygen atoms in total. The summed E-state index contributed by atoms with van der Waals surface area (Å²) in [6, 6.07) is 23.3. The summed E-state index contributed by atoms with van der Waals surface area (Å²) >= 11 is 0. The highest BCUT2D eigenvalue weighted by Gasteiger charge is 2.29. The van der Waals surface area contributed by atoms with Crippen molar-refractivity contribution in [3.63, 3.8) is 0 Å². The van der Waals surface area contributed by atoms with E-state index in [-0.39, 0.29) is 25.0 Å². The summed E-state index contributed by atoms with van der Waals surface area (Å²) in [6.07, 6.45) is -0.133. The molecule has 0 fully saturated rings. The molecule has 3 aromatic rings. The van der Waals surface area contributed by atoms with Crippen molar-refractivity contribution in [1.29, 1.82) is 0 Å². The first-order chi connectivity index (χ1) is 16.9. The first-order valence-corrected chi connectivity index (χ1v) is 11.6. The first kappa shape index (κ1) is 24.0. The van der Waals surface area contributed by atoms with Gasteiger partial charge in [-0.2, -0.15) is 0 Å². The van der Waals surface area contributed by atoms with Crippen LogP contribution in [0, 0.1) is 0 Å². The molecule has 3 aromatic carbocycles. The van der Waals surface area contributed by atoms with Gasteiger partial charge in [0.2, 0.25) is 5.91 Å². The van der Waals surface area contributed by atoms with Crippen LogP contribution in [0.5, 0.6) is 0 Å². The Kier molecular flexibility index (Phi) is 7.45. The Morgan fingerprint density at radius 2 is 1.43 bits per heavy atom. The number of alkyl carbamates (subject to hydrolysis) is 1. The molecule has 0 aromatic heterocycles. The number of fused-ring (bicyclic) bond motifs is 3. The topological polar surface area (TPSA) is 105 Å². The first-order valence-electron chi connectivity index (χ1n) is 11.6. The van der Waals surface area contributed by atoms with Crippen LogP contribution in [0.1, 0.15) is 48.4 Å². The molecule has 2 amide bonds. The van der Waals surface area contributed by atoms with Crippen LogP contribution in [-0.4, -0.2) is 35.7 Å². The quantitative estimate of drug-likeness (QED) is 0.421. The zero-order valence-corrected chi connectivity index (χ0v) is 19.4. The number of carboxylic acid groups (broad SMARTS) is 1. The molecule has 4 rings (SSSR count). The molecule has 1 aliphatic rings. The molecule has 0 aliphatic heterocycles. The molecule has 7 heteroatoms. The minimum atomic E-state index is -1.13. The van der Waals surface area contributed by atoms with Gasteiger partial charge in [-0.05, 0) is 41.2 Å². The van der Waals surface area contributed by atoms with Crippen LogP contribution in [-0.2, 0) is 14.3 Å². The summed E-state index contributed by atoms with van der Waals surface area (Å²) in [5.41, 5.74) is 5.09. The lowest BCUT2D eigenvalue weighted by Gasteiger charge is -2.18. The maximum absolute atomic E-state index is 12.4. The van der Waals surface area contributed by atoms with E-state index in [1.165, 1.54) is 0 Å². The number of aliphatic carboxylic acids is 1. The lowest BCUT2D eigenvalue weighted by molar-refractivity contribution is -0.142. The predicted molar refractivity (Wildman–Crippen MR) is 132 cm³/mol. The molecule has 2 atom stereocenters. The van der Waals surface area contributed by atoms with Gasteiger partial charge in [0.25, 0.3) is 0 Å². The zero-order valence-electron chi connectivity index (χ0n) is 19.4. The Morgan fingerprint density at radius 1 is 0.857 bits per heavy atom. The number of amides is 2. The highest BCUT2D eigenvalue weighted by molar-refractivity contribution is 5.84. The molecular formula is C28H28N2O5. The maximum Gasteiger partial charge on any atom is 0.407 e. The fraction of sp³-hybridized carbons (Fsp3) is 0.250. The Morgan fingerprint density at radius 3 is 2.03 bits per heavy atom. The molecule has 0 saturated heterocycles. The van der Waals surface area contributed by atoms with Gasteiger partial charge in [-0.3, -0.25) is 4.79 Å². The van der Waals surface area contributed by atoms with E-state index in [9.17, 15) is 19.5 Å². The second-order valence-electron chi connectivity index (χ2n) is 8.66. The maximum atomic E-state index is 12.4. The van der Waals surface area contributed by atoms with Gasteiger partial charge in [0, 0.05) is 18.4 Å². The number of carbonyl (C=O) groups excluding carboxylic acids is 2. The number of nitrogens with one attached hydrogen (secondary N) is 2. The SMILES string of the molecule is CC(CCC(=O)N[C@@H](C(=O)O)c1ccccc1)NC(=O)OCC1c2ccccc2-c2ccccc21. The molecule has 180 valence electrons. The highest BCUT2D eigenvalue weighted by Crippen LogP contribution is 2.44. The number of ether oxygens (including phenoxy) is 1. The number of carboxylic acids is 1. The molecule has 1 unspecified atom stereocenters.